The number of pyridine rings is 1. The van der Waals surface area contributed by atoms with Crippen LogP contribution in [-0.4, -0.2) is 22.2 Å². The second kappa shape index (κ2) is 9.83. The number of hydrogen-bond acceptors (Lipinski definition) is 5. The van der Waals surface area contributed by atoms with Gasteiger partial charge < -0.3 is 19.3 Å². The first-order valence-electron chi connectivity index (χ1n) is 10.3. The lowest BCUT2D eigenvalue weighted by Gasteiger charge is -2.15. The van der Waals surface area contributed by atoms with Crippen LogP contribution in [0, 0.1) is 0 Å². The Bertz CT molecular complexity index is 1210. The number of para-hydroxylation sites is 2. The molecule has 0 spiro atoms. The Morgan fingerprint density at radius 2 is 1.50 bits per heavy atom. The summed E-state index contributed by atoms with van der Waals surface area (Å²) >= 11 is 0. The van der Waals surface area contributed by atoms with Gasteiger partial charge in [-0.3, -0.25) is 0 Å². The number of hydrogen-bond donors (Lipinski definition) is 1. The summed E-state index contributed by atoms with van der Waals surface area (Å²) in [6.07, 6.45) is -0.940. The van der Waals surface area contributed by atoms with Gasteiger partial charge in [-0.2, -0.15) is 0 Å². The highest BCUT2D eigenvalue weighted by Gasteiger charge is 2.14. The van der Waals surface area contributed by atoms with Crippen LogP contribution in [0.25, 0.3) is 10.9 Å². The Balaban J connectivity index is 1.33. The topological polar surface area (TPSA) is 77.9 Å². The molecule has 1 aromatic heterocycles. The number of carboxylic acids is 1. The number of aromatic nitrogens is 1. The molecule has 0 aliphatic heterocycles. The van der Waals surface area contributed by atoms with Crippen molar-refractivity contribution in [3.63, 3.8) is 0 Å². The number of carboxylic acid groups (broad SMARTS) is 1. The molecule has 0 amide bonds. The van der Waals surface area contributed by atoms with E-state index in [4.69, 9.17) is 19.3 Å². The second-order valence-corrected chi connectivity index (χ2v) is 7.25. The van der Waals surface area contributed by atoms with Crippen LogP contribution in [0.5, 0.6) is 17.2 Å². The first kappa shape index (κ1) is 21.2. The molecule has 1 heterocycles. The smallest absolute Gasteiger partial charge is 0.344 e. The first-order valence-corrected chi connectivity index (χ1v) is 10.3. The van der Waals surface area contributed by atoms with Gasteiger partial charge in [0.15, 0.2) is 6.10 Å². The van der Waals surface area contributed by atoms with Crippen LogP contribution < -0.4 is 14.2 Å². The van der Waals surface area contributed by atoms with E-state index >= 15 is 0 Å². The predicted octanol–water partition coefficient (Wildman–Crippen LogP) is 5.24. The molecule has 1 unspecified atom stereocenters. The first-order chi connectivity index (χ1) is 15.6. The van der Waals surface area contributed by atoms with E-state index in [1.54, 1.807) is 12.1 Å². The van der Waals surface area contributed by atoms with E-state index in [-0.39, 0.29) is 6.61 Å². The highest BCUT2D eigenvalue weighted by atomic mass is 16.5. The fraction of sp³-hybridized carbons (Fsp3) is 0.154. The summed E-state index contributed by atoms with van der Waals surface area (Å²) < 4.78 is 17.2. The highest BCUT2D eigenvalue weighted by molar-refractivity contribution is 5.78. The second-order valence-electron chi connectivity index (χ2n) is 7.25. The van der Waals surface area contributed by atoms with Gasteiger partial charge in [-0.05, 0) is 49.4 Å². The quantitative estimate of drug-likeness (QED) is 0.392. The molecule has 0 bridgehead atoms. The van der Waals surface area contributed by atoms with Crippen LogP contribution in [0.1, 0.15) is 18.2 Å². The Kier molecular flexibility index (Phi) is 6.51. The van der Waals surface area contributed by atoms with E-state index in [2.05, 4.69) is 4.98 Å². The van der Waals surface area contributed by atoms with Crippen LogP contribution in [0.4, 0.5) is 0 Å². The van der Waals surface area contributed by atoms with Gasteiger partial charge in [0.05, 0.1) is 11.2 Å². The average molecular weight is 429 g/mol. The SMILES string of the molecule is CC(Oc1ccccc1COc1ccc(OCc2ccc3ccccc3n2)cc1)C(=O)O. The lowest BCUT2D eigenvalue weighted by molar-refractivity contribution is -0.144. The molecule has 3 aromatic carbocycles. The molecule has 4 aromatic rings. The number of rotatable bonds is 9. The number of aliphatic carboxylic acids is 1. The van der Waals surface area contributed by atoms with Crippen molar-refractivity contribution in [2.75, 3.05) is 0 Å². The third-order valence-electron chi connectivity index (χ3n) is 4.89. The van der Waals surface area contributed by atoms with Crippen molar-refractivity contribution >= 4 is 16.9 Å². The van der Waals surface area contributed by atoms with Crippen LogP contribution in [-0.2, 0) is 18.0 Å². The number of fused-ring (bicyclic) bond motifs is 1. The van der Waals surface area contributed by atoms with E-state index in [9.17, 15) is 4.79 Å². The fourth-order valence-corrected chi connectivity index (χ4v) is 3.12. The minimum Gasteiger partial charge on any atom is -0.489 e. The number of benzene rings is 3. The molecule has 6 heteroatoms. The molecule has 1 atom stereocenters. The summed E-state index contributed by atoms with van der Waals surface area (Å²) in [6.45, 7) is 2.12. The lowest BCUT2D eigenvalue weighted by atomic mass is 10.2. The maximum Gasteiger partial charge on any atom is 0.344 e. The Morgan fingerprint density at radius 3 is 2.25 bits per heavy atom. The van der Waals surface area contributed by atoms with E-state index in [0.29, 0.717) is 23.9 Å². The van der Waals surface area contributed by atoms with Gasteiger partial charge in [0.1, 0.15) is 30.5 Å². The molecule has 0 radical (unpaired) electrons. The standard InChI is InChI=1S/C26H23NO5/c1-18(26(28)29)32-25-9-5-3-7-20(25)16-30-22-12-14-23(15-13-22)31-17-21-11-10-19-6-2-4-8-24(19)27-21/h2-15,18H,16-17H2,1H3,(H,28,29). The Labute approximate surface area is 186 Å². The monoisotopic (exact) mass is 429 g/mol. The van der Waals surface area contributed by atoms with Gasteiger partial charge in [-0.1, -0.05) is 42.5 Å². The van der Waals surface area contributed by atoms with Crippen molar-refractivity contribution in [1.82, 2.24) is 4.98 Å². The predicted molar refractivity (Wildman–Crippen MR) is 121 cm³/mol. The molecule has 32 heavy (non-hydrogen) atoms. The summed E-state index contributed by atoms with van der Waals surface area (Å²) in [6, 6.07) is 26.5. The van der Waals surface area contributed by atoms with E-state index in [1.165, 1.54) is 6.92 Å². The van der Waals surface area contributed by atoms with Gasteiger partial charge in [-0.25, -0.2) is 9.78 Å². The summed E-state index contributed by atoms with van der Waals surface area (Å²) in [5, 5.41) is 10.2. The summed E-state index contributed by atoms with van der Waals surface area (Å²) in [7, 11) is 0. The third-order valence-corrected chi connectivity index (χ3v) is 4.89. The van der Waals surface area contributed by atoms with Gasteiger partial charge in [-0.15, -0.1) is 0 Å². The normalized spacial score (nSPS) is 11.7. The number of ether oxygens (including phenoxy) is 3. The summed E-state index contributed by atoms with van der Waals surface area (Å²) in [4.78, 5) is 15.7. The minimum atomic E-state index is -1.02. The van der Waals surface area contributed by atoms with Gasteiger partial charge in [0, 0.05) is 10.9 Å². The molecule has 0 saturated heterocycles. The molecule has 0 saturated carbocycles. The van der Waals surface area contributed by atoms with Crippen LogP contribution in [0.2, 0.25) is 0 Å². The van der Waals surface area contributed by atoms with Crippen molar-refractivity contribution in [3.05, 3.63) is 96.2 Å². The molecule has 4 rings (SSSR count). The largest absolute Gasteiger partial charge is 0.489 e. The third kappa shape index (κ3) is 5.35. The molecule has 0 aliphatic rings. The van der Waals surface area contributed by atoms with E-state index < -0.39 is 12.1 Å². The van der Waals surface area contributed by atoms with Crippen molar-refractivity contribution in [1.29, 1.82) is 0 Å². The van der Waals surface area contributed by atoms with Gasteiger partial charge >= 0.3 is 5.97 Å². The summed E-state index contributed by atoms with van der Waals surface area (Å²) in [5.74, 6) is 0.856. The Hall–Kier alpha value is -4.06. The molecule has 162 valence electrons. The number of carbonyl (C=O) groups is 1. The average Bonchev–Trinajstić information content (AvgIpc) is 2.82. The zero-order valence-corrected chi connectivity index (χ0v) is 17.6. The maximum atomic E-state index is 11.1. The zero-order valence-electron chi connectivity index (χ0n) is 17.6. The van der Waals surface area contributed by atoms with Crippen molar-refractivity contribution in [3.8, 4) is 17.2 Å². The van der Waals surface area contributed by atoms with E-state index in [1.807, 2.05) is 72.8 Å². The van der Waals surface area contributed by atoms with Crippen LogP contribution >= 0.6 is 0 Å². The highest BCUT2D eigenvalue weighted by Crippen LogP contribution is 2.24. The molecule has 1 N–H and O–H groups in total. The van der Waals surface area contributed by atoms with Crippen molar-refractivity contribution < 1.29 is 24.1 Å². The molecular weight excluding hydrogens is 406 g/mol. The zero-order chi connectivity index (χ0) is 22.3. The molecule has 0 fully saturated rings. The number of nitrogens with zero attached hydrogens (tertiary/aromatic N) is 1. The fourth-order valence-electron chi connectivity index (χ4n) is 3.12. The van der Waals surface area contributed by atoms with Crippen LogP contribution in [0.3, 0.4) is 0 Å². The Morgan fingerprint density at radius 1 is 0.844 bits per heavy atom. The van der Waals surface area contributed by atoms with Crippen LogP contribution in [0.15, 0.2) is 84.9 Å². The van der Waals surface area contributed by atoms with E-state index in [0.717, 1.165) is 22.2 Å². The van der Waals surface area contributed by atoms with Gasteiger partial charge in [0.2, 0.25) is 0 Å². The maximum absolute atomic E-state index is 11.1. The lowest BCUT2D eigenvalue weighted by Crippen LogP contribution is -2.23. The van der Waals surface area contributed by atoms with Crippen molar-refractivity contribution in [2.45, 2.75) is 26.2 Å². The molecule has 6 nitrogen and oxygen atoms in total. The molecule has 0 aliphatic carbocycles. The summed E-state index contributed by atoms with van der Waals surface area (Å²) in [5.41, 5.74) is 2.57. The minimum absolute atomic E-state index is 0.254. The molecular formula is C26H23NO5. The van der Waals surface area contributed by atoms with Crippen molar-refractivity contribution in [2.24, 2.45) is 0 Å². The van der Waals surface area contributed by atoms with Gasteiger partial charge in [0.25, 0.3) is 0 Å².